The van der Waals surface area contributed by atoms with Crippen molar-refractivity contribution in [3.63, 3.8) is 0 Å². The van der Waals surface area contributed by atoms with Crippen LogP contribution in [0, 0.1) is 0 Å². The largest absolute Gasteiger partial charge is 0.330 e. The van der Waals surface area contributed by atoms with E-state index in [4.69, 9.17) is 5.73 Å². The Morgan fingerprint density at radius 2 is 1.84 bits per heavy atom. The molecule has 0 saturated heterocycles. The number of aryl methyl sites for hydroxylation is 2. The van der Waals surface area contributed by atoms with Gasteiger partial charge in [-0.3, -0.25) is 4.40 Å². The van der Waals surface area contributed by atoms with Crippen LogP contribution in [0.4, 0.5) is 0 Å². The maximum absolute atomic E-state index is 5.52. The molecule has 2 aromatic heterocycles. The normalized spacial score (nSPS) is 11.7. The van der Waals surface area contributed by atoms with Crippen molar-refractivity contribution in [3.8, 4) is 0 Å². The predicted octanol–water partition coefficient (Wildman–Crippen LogP) is 1.89. The fourth-order valence-electron chi connectivity index (χ4n) is 2.58. The first-order chi connectivity index (χ1) is 9.33. The van der Waals surface area contributed by atoms with Crippen molar-refractivity contribution >= 4 is 16.8 Å². The first-order valence-electron chi connectivity index (χ1n) is 6.80. The summed E-state index contributed by atoms with van der Waals surface area (Å²) in [7, 11) is 2.03. The molecule has 0 fully saturated rings. The number of hydrogen-bond donors (Lipinski definition) is 1. The van der Waals surface area contributed by atoms with Crippen LogP contribution in [0.3, 0.4) is 0 Å². The first kappa shape index (κ1) is 12.2. The molecule has 1 aromatic carbocycles. The number of para-hydroxylation sites is 2. The van der Waals surface area contributed by atoms with Gasteiger partial charge in [-0.2, -0.15) is 0 Å². The summed E-state index contributed by atoms with van der Waals surface area (Å²) < 4.78 is 4.25. The summed E-state index contributed by atoms with van der Waals surface area (Å²) in [4.78, 5) is 0. The highest BCUT2D eigenvalue weighted by Crippen LogP contribution is 2.20. The summed E-state index contributed by atoms with van der Waals surface area (Å²) in [6, 6.07) is 8.34. The number of nitrogens with zero attached hydrogens (tertiary/aromatic N) is 4. The van der Waals surface area contributed by atoms with E-state index in [1.165, 1.54) is 11.0 Å². The topological polar surface area (TPSA) is 61.1 Å². The molecule has 0 amide bonds. The number of fused-ring (bicyclic) bond motifs is 3. The lowest BCUT2D eigenvalue weighted by Crippen LogP contribution is -1.99. The lowest BCUT2D eigenvalue weighted by Gasteiger charge is -1.99. The molecule has 0 bridgehead atoms. The summed E-state index contributed by atoms with van der Waals surface area (Å²) in [6.45, 7) is 0.767. The smallest absolute Gasteiger partial charge is 0.236 e. The molecule has 3 rings (SSSR count). The monoisotopic (exact) mass is 257 g/mol. The molecule has 0 unspecified atom stereocenters. The molecule has 19 heavy (non-hydrogen) atoms. The van der Waals surface area contributed by atoms with E-state index in [-0.39, 0.29) is 0 Å². The van der Waals surface area contributed by atoms with E-state index in [1.807, 2.05) is 7.05 Å². The minimum Gasteiger partial charge on any atom is -0.330 e. The fourth-order valence-corrected chi connectivity index (χ4v) is 2.58. The number of benzene rings is 1. The van der Waals surface area contributed by atoms with Crippen LogP contribution in [0.1, 0.15) is 25.1 Å². The van der Waals surface area contributed by atoms with Crippen LogP contribution in [-0.4, -0.2) is 25.7 Å². The molecular formula is C14H19N5. The zero-order chi connectivity index (χ0) is 13.2. The Kier molecular flexibility index (Phi) is 3.21. The average Bonchev–Trinajstić information content (AvgIpc) is 2.97. The molecule has 0 aliphatic rings. The number of imidazole rings is 1. The molecule has 2 N–H and O–H groups in total. The van der Waals surface area contributed by atoms with Crippen LogP contribution >= 0.6 is 0 Å². The summed E-state index contributed by atoms with van der Waals surface area (Å²) >= 11 is 0. The number of aromatic nitrogens is 4. The highest BCUT2D eigenvalue weighted by atomic mass is 15.3. The molecular weight excluding hydrogens is 238 g/mol. The molecule has 5 heteroatoms. The Balaban J connectivity index is 1.99. The minimum atomic E-state index is 0.767. The van der Waals surface area contributed by atoms with Crippen LogP contribution in [-0.2, 0) is 13.5 Å². The summed E-state index contributed by atoms with van der Waals surface area (Å²) in [5.41, 5.74) is 7.89. The molecule has 0 spiro atoms. The van der Waals surface area contributed by atoms with Crippen molar-refractivity contribution < 1.29 is 0 Å². The Morgan fingerprint density at radius 1 is 1.05 bits per heavy atom. The van der Waals surface area contributed by atoms with E-state index in [0.717, 1.165) is 43.8 Å². The molecule has 0 saturated carbocycles. The van der Waals surface area contributed by atoms with Crippen molar-refractivity contribution in [2.45, 2.75) is 25.7 Å². The van der Waals surface area contributed by atoms with Crippen molar-refractivity contribution in [2.75, 3.05) is 6.54 Å². The van der Waals surface area contributed by atoms with Gasteiger partial charge in [-0.05, 0) is 31.5 Å². The third-order valence-corrected chi connectivity index (χ3v) is 3.60. The Labute approximate surface area is 112 Å². The summed E-state index contributed by atoms with van der Waals surface area (Å²) in [6.07, 6.45) is 4.30. The lowest BCUT2D eigenvalue weighted by atomic mass is 10.2. The van der Waals surface area contributed by atoms with Crippen LogP contribution in [0.5, 0.6) is 0 Å². The highest BCUT2D eigenvalue weighted by Gasteiger charge is 2.13. The number of nitrogens with two attached hydrogens (primary N) is 1. The van der Waals surface area contributed by atoms with Gasteiger partial charge in [0.1, 0.15) is 5.82 Å². The minimum absolute atomic E-state index is 0.767. The fraction of sp³-hybridized carbons (Fsp3) is 0.429. The van der Waals surface area contributed by atoms with E-state index in [0.29, 0.717) is 0 Å². The second-order valence-electron chi connectivity index (χ2n) is 4.90. The zero-order valence-electron chi connectivity index (χ0n) is 11.2. The van der Waals surface area contributed by atoms with Gasteiger partial charge in [-0.15, -0.1) is 10.2 Å². The Hall–Kier alpha value is -1.88. The third-order valence-electron chi connectivity index (χ3n) is 3.60. The third kappa shape index (κ3) is 2.00. The van der Waals surface area contributed by atoms with Crippen molar-refractivity contribution in [1.29, 1.82) is 0 Å². The Morgan fingerprint density at radius 3 is 2.63 bits per heavy atom. The van der Waals surface area contributed by atoms with Crippen molar-refractivity contribution in [2.24, 2.45) is 12.8 Å². The van der Waals surface area contributed by atoms with Crippen molar-refractivity contribution in [1.82, 2.24) is 19.2 Å². The van der Waals surface area contributed by atoms with E-state index < -0.39 is 0 Å². The van der Waals surface area contributed by atoms with Gasteiger partial charge >= 0.3 is 0 Å². The number of unbranched alkanes of at least 4 members (excludes halogenated alkanes) is 2. The predicted molar refractivity (Wildman–Crippen MR) is 76.1 cm³/mol. The maximum Gasteiger partial charge on any atom is 0.236 e. The summed E-state index contributed by atoms with van der Waals surface area (Å²) in [5, 5.41) is 8.63. The van der Waals surface area contributed by atoms with Gasteiger partial charge in [0.05, 0.1) is 11.0 Å². The molecule has 0 radical (unpaired) electrons. The van der Waals surface area contributed by atoms with E-state index in [9.17, 15) is 0 Å². The summed E-state index contributed by atoms with van der Waals surface area (Å²) in [5.74, 6) is 1.96. The van der Waals surface area contributed by atoms with Gasteiger partial charge in [0.2, 0.25) is 5.78 Å². The van der Waals surface area contributed by atoms with E-state index >= 15 is 0 Å². The number of rotatable bonds is 5. The van der Waals surface area contributed by atoms with Crippen LogP contribution in [0.25, 0.3) is 16.8 Å². The second kappa shape index (κ2) is 5.01. The first-order valence-corrected chi connectivity index (χ1v) is 6.80. The molecule has 3 aromatic rings. The van der Waals surface area contributed by atoms with Gasteiger partial charge in [-0.25, -0.2) is 0 Å². The molecule has 5 nitrogen and oxygen atoms in total. The van der Waals surface area contributed by atoms with E-state index in [1.54, 1.807) is 0 Å². The quantitative estimate of drug-likeness (QED) is 0.710. The maximum atomic E-state index is 5.52. The van der Waals surface area contributed by atoms with Gasteiger partial charge in [0.25, 0.3) is 0 Å². The highest BCUT2D eigenvalue weighted by molar-refractivity contribution is 5.80. The molecule has 0 aliphatic heterocycles. The average molecular weight is 257 g/mol. The van der Waals surface area contributed by atoms with Gasteiger partial charge in [-0.1, -0.05) is 18.6 Å². The zero-order valence-corrected chi connectivity index (χ0v) is 11.2. The van der Waals surface area contributed by atoms with Crippen LogP contribution in [0.15, 0.2) is 24.3 Å². The Bertz CT molecular complexity index is 694. The van der Waals surface area contributed by atoms with E-state index in [2.05, 4.69) is 43.4 Å². The van der Waals surface area contributed by atoms with Gasteiger partial charge in [0, 0.05) is 13.5 Å². The van der Waals surface area contributed by atoms with Crippen LogP contribution in [0.2, 0.25) is 0 Å². The second-order valence-corrected chi connectivity index (χ2v) is 4.90. The van der Waals surface area contributed by atoms with Crippen LogP contribution < -0.4 is 5.73 Å². The molecule has 0 aliphatic carbocycles. The lowest BCUT2D eigenvalue weighted by molar-refractivity contribution is 0.667. The van der Waals surface area contributed by atoms with Gasteiger partial charge in [0.15, 0.2) is 0 Å². The van der Waals surface area contributed by atoms with Gasteiger partial charge < -0.3 is 10.3 Å². The SMILES string of the molecule is Cn1c2ccccc2n2c(CCCCCN)nnc12. The van der Waals surface area contributed by atoms with Crippen molar-refractivity contribution in [3.05, 3.63) is 30.1 Å². The molecule has 2 heterocycles. The standard InChI is InChI=1S/C14H19N5/c1-18-11-7-4-5-8-12(11)19-13(16-17-14(18)19)9-3-2-6-10-15/h4-5,7-8H,2-3,6,9-10,15H2,1H3. The molecule has 100 valence electrons. The molecule has 0 atom stereocenters. The number of hydrogen-bond acceptors (Lipinski definition) is 3.